The third kappa shape index (κ3) is 1.93. The molecule has 3 heteroatoms. The van der Waals surface area contributed by atoms with Gasteiger partial charge in [-0.25, -0.2) is 0 Å². The van der Waals surface area contributed by atoms with Crippen molar-refractivity contribution in [2.45, 2.75) is 38.5 Å². The number of hydrogen-bond acceptors (Lipinski definition) is 2. The summed E-state index contributed by atoms with van der Waals surface area (Å²) in [6.45, 7) is 4.48. The Morgan fingerprint density at radius 2 is 1.89 bits per heavy atom. The summed E-state index contributed by atoms with van der Waals surface area (Å²) in [4.78, 5) is 0. The fraction of sp³-hybridized carbons (Fsp3) is 0.438. The highest BCUT2D eigenvalue weighted by Gasteiger charge is 2.31. The van der Waals surface area contributed by atoms with Crippen molar-refractivity contribution in [3.63, 3.8) is 0 Å². The van der Waals surface area contributed by atoms with E-state index in [2.05, 4.69) is 36.2 Å². The lowest BCUT2D eigenvalue weighted by atomic mass is 9.79. The van der Waals surface area contributed by atoms with E-state index < -0.39 is 0 Å². The minimum atomic E-state index is -0.0688. The quantitative estimate of drug-likeness (QED) is 0.915. The van der Waals surface area contributed by atoms with Gasteiger partial charge in [-0.3, -0.25) is 5.10 Å². The van der Waals surface area contributed by atoms with Gasteiger partial charge in [-0.2, -0.15) is 5.10 Å². The third-order valence-electron chi connectivity index (χ3n) is 4.21. The average molecular weight is 256 g/mol. The van der Waals surface area contributed by atoms with Crippen LogP contribution in [0.15, 0.2) is 24.3 Å². The van der Waals surface area contributed by atoms with Gasteiger partial charge in [0, 0.05) is 11.1 Å². The molecule has 0 aliphatic heterocycles. The van der Waals surface area contributed by atoms with Crippen molar-refractivity contribution in [2.24, 2.45) is 0 Å². The summed E-state index contributed by atoms with van der Waals surface area (Å²) in [5.41, 5.74) is 5.16. The molecule has 0 atom stereocenters. The molecule has 2 aromatic rings. The van der Waals surface area contributed by atoms with Gasteiger partial charge in [0.2, 0.25) is 0 Å². The molecular weight excluding hydrogens is 236 g/mol. The molecule has 1 aromatic carbocycles. The first-order chi connectivity index (χ1) is 9.13. The number of ether oxygens (including phenoxy) is 1. The Bertz CT molecular complexity index is 581. The summed E-state index contributed by atoms with van der Waals surface area (Å²) in [6, 6.07) is 8.30. The molecule has 0 fully saturated rings. The number of aromatic amines is 1. The normalized spacial score (nSPS) is 14.5. The number of benzene rings is 1. The van der Waals surface area contributed by atoms with Crippen LogP contribution in [0.1, 0.15) is 42.8 Å². The smallest absolute Gasteiger partial charge is 0.118 e. The fourth-order valence-electron chi connectivity index (χ4n) is 2.98. The van der Waals surface area contributed by atoms with Crippen LogP contribution < -0.4 is 4.74 Å². The van der Waals surface area contributed by atoms with E-state index in [0.29, 0.717) is 0 Å². The maximum atomic E-state index is 5.22. The van der Waals surface area contributed by atoms with Gasteiger partial charge in [0.1, 0.15) is 5.75 Å². The molecule has 3 nitrogen and oxygen atoms in total. The van der Waals surface area contributed by atoms with Crippen LogP contribution in [-0.4, -0.2) is 17.3 Å². The first kappa shape index (κ1) is 12.3. The Morgan fingerprint density at radius 1 is 1.16 bits per heavy atom. The molecule has 100 valence electrons. The molecule has 1 aliphatic rings. The standard InChI is InChI=1S/C16H20N2O/c1-16(2,11-7-9-12(19-3)10-8-11)15-13-5-4-6-14(13)17-18-15/h7-10H,4-6H2,1-3H3,(H,17,18). The summed E-state index contributed by atoms with van der Waals surface area (Å²) in [5, 5.41) is 7.78. The van der Waals surface area contributed by atoms with Gasteiger partial charge in [0.05, 0.1) is 12.8 Å². The number of nitrogens with zero attached hydrogens (tertiary/aromatic N) is 1. The molecule has 0 amide bonds. The van der Waals surface area contributed by atoms with Gasteiger partial charge in [-0.15, -0.1) is 0 Å². The van der Waals surface area contributed by atoms with Gasteiger partial charge in [0.25, 0.3) is 0 Å². The molecule has 0 saturated heterocycles. The summed E-state index contributed by atoms with van der Waals surface area (Å²) in [6.07, 6.45) is 3.54. The summed E-state index contributed by atoms with van der Waals surface area (Å²) in [7, 11) is 1.70. The Balaban J connectivity index is 2.00. The minimum absolute atomic E-state index is 0.0688. The number of fused-ring (bicyclic) bond motifs is 1. The zero-order chi connectivity index (χ0) is 13.5. The number of methoxy groups -OCH3 is 1. The van der Waals surface area contributed by atoms with E-state index in [1.54, 1.807) is 7.11 Å². The second-order valence-electron chi connectivity index (χ2n) is 5.74. The Labute approximate surface area is 114 Å². The largest absolute Gasteiger partial charge is 0.497 e. The van der Waals surface area contributed by atoms with Crippen molar-refractivity contribution >= 4 is 0 Å². The highest BCUT2D eigenvalue weighted by Crippen LogP contribution is 2.36. The SMILES string of the molecule is COc1ccc(C(C)(C)c2n[nH]c3c2CCC3)cc1. The second-order valence-corrected chi connectivity index (χ2v) is 5.74. The highest BCUT2D eigenvalue weighted by molar-refractivity contribution is 5.43. The number of H-pyrrole nitrogens is 1. The minimum Gasteiger partial charge on any atom is -0.497 e. The van der Waals surface area contributed by atoms with Crippen molar-refractivity contribution in [2.75, 3.05) is 7.11 Å². The molecule has 0 spiro atoms. The van der Waals surface area contributed by atoms with Crippen molar-refractivity contribution in [1.29, 1.82) is 0 Å². The molecule has 0 saturated carbocycles. The molecular formula is C16H20N2O. The molecule has 0 unspecified atom stereocenters. The monoisotopic (exact) mass is 256 g/mol. The highest BCUT2D eigenvalue weighted by atomic mass is 16.5. The number of aryl methyl sites for hydroxylation is 1. The molecule has 1 N–H and O–H groups in total. The zero-order valence-corrected chi connectivity index (χ0v) is 11.8. The van der Waals surface area contributed by atoms with Crippen molar-refractivity contribution in [3.8, 4) is 5.75 Å². The van der Waals surface area contributed by atoms with E-state index in [4.69, 9.17) is 4.74 Å². The Kier molecular flexibility index (Phi) is 2.85. The predicted octanol–water partition coefficient (Wildman–Crippen LogP) is 3.23. The van der Waals surface area contributed by atoms with E-state index in [-0.39, 0.29) is 5.41 Å². The molecule has 1 aromatic heterocycles. The fourth-order valence-corrected chi connectivity index (χ4v) is 2.98. The van der Waals surface area contributed by atoms with Crippen molar-refractivity contribution in [3.05, 3.63) is 46.8 Å². The second kappa shape index (κ2) is 4.41. The van der Waals surface area contributed by atoms with Gasteiger partial charge in [0.15, 0.2) is 0 Å². The first-order valence-corrected chi connectivity index (χ1v) is 6.84. The molecule has 1 heterocycles. The Hall–Kier alpha value is -1.77. The topological polar surface area (TPSA) is 37.9 Å². The van der Waals surface area contributed by atoms with Crippen LogP contribution in [-0.2, 0) is 18.3 Å². The lowest BCUT2D eigenvalue weighted by molar-refractivity contribution is 0.414. The van der Waals surface area contributed by atoms with E-state index in [1.807, 2.05) is 12.1 Å². The number of aromatic nitrogens is 2. The van der Waals surface area contributed by atoms with Crippen LogP contribution in [0.2, 0.25) is 0 Å². The van der Waals surface area contributed by atoms with Crippen molar-refractivity contribution in [1.82, 2.24) is 10.2 Å². The number of nitrogens with one attached hydrogen (secondary N) is 1. The van der Waals surface area contributed by atoms with Crippen LogP contribution in [0.4, 0.5) is 0 Å². The van der Waals surface area contributed by atoms with E-state index in [0.717, 1.165) is 18.6 Å². The maximum Gasteiger partial charge on any atom is 0.118 e. The average Bonchev–Trinajstić information content (AvgIpc) is 3.01. The number of hydrogen-bond donors (Lipinski definition) is 1. The molecule has 0 bridgehead atoms. The number of rotatable bonds is 3. The van der Waals surface area contributed by atoms with Crippen molar-refractivity contribution < 1.29 is 4.74 Å². The summed E-state index contributed by atoms with van der Waals surface area (Å²) < 4.78 is 5.22. The van der Waals surface area contributed by atoms with Crippen LogP contribution in [0.3, 0.4) is 0 Å². The summed E-state index contributed by atoms with van der Waals surface area (Å²) in [5.74, 6) is 0.895. The Morgan fingerprint density at radius 3 is 2.58 bits per heavy atom. The van der Waals surface area contributed by atoms with E-state index in [1.165, 1.54) is 28.9 Å². The first-order valence-electron chi connectivity index (χ1n) is 6.84. The van der Waals surface area contributed by atoms with E-state index in [9.17, 15) is 0 Å². The maximum absolute atomic E-state index is 5.22. The third-order valence-corrected chi connectivity index (χ3v) is 4.21. The molecule has 1 aliphatic carbocycles. The molecule has 3 rings (SSSR count). The summed E-state index contributed by atoms with van der Waals surface area (Å²) >= 11 is 0. The van der Waals surface area contributed by atoms with Crippen LogP contribution in [0.25, 0.3) is 0 Å². The van der Waals surface area contributed by atoms with Crippen LogP contribution >= 0.6 is 0 Å². The predicted molar refractivity (Wildman–Crippen MR) is 75.7 cm³/mol. The van der Waals surface area contributed by atoms with Gasteiger partial charge in [-0.05, 0) is 42.5 Å². The van der Waals surface area contributed by atoms with Gasteiger partial charge >= 0.3 is 0 Å². The van der Waals surface area contributed by atoms with Gasteiger partial charge < -0.3 is 4.74 Å². The lowest BCUT2D eigenvalue weighted by Crippen LogP contribution is -2.21. The van der Waals surface area contributed by atoms with Crippen LogP contribution in [0.5, 0.6) is 5.75 Å². The molecule has 0 radical (unpaired) electrons. The molecule has 19 heavy (non-hydrogen) atoms. The van der Waals surface area contributed by atoms with Crippen LogP contribution in [0, 0.1) is 0 Å². The lowest BCUT2D eigenvalue weighted by Gasteiger charge is -2.24. The van der Waals surface area contributed by atoms with Gasteiger partial charge in [-0.1, -0.05) is 26.0 Å². The van der Waals surface area contributed by atoms with E-state index >= 15 is 0 Å². The zero-order valence-electron chi connectivity index (χ0n) is 11.8.